The van der Waals surface area contributed by atoms with Gasteiger partial charge in [-0.2, -0.15) is 5.26 Å². The fourth-order valence-corrected chi connectivity index (χ4v) is 7.25. The van der Waals surface area contributed by atoms with Crippen LogP contribution in [0.2, 0.25) is 0 Å². The lowest BCUT2D eigenvalue weighted by atomic mass is 9.90. The number of hydrogen-bond donors (Lipinski definition) is 0. The summed E-state index contributed by atoms with van der Waals surface area (Å²) in [6.45, 7) is 6.23. The summed E-state index contributed by atoms with van der Waals surface area (Å²) in [5, 5.41) is 18.1. The number of halogens is 1. The van der Waals surface area contributed by atoms with Crippen molar-refractivity contribution in [2.24, 2.45) is 5.92 Å². The highest BCUT2D eigenvalue weighted by atomic mass is 19.1. The molecule has 0 aliphatic carbocycles. The molecule has 13 heteroatoms. The molecular weight excluding hydrogens is 617 g/mol. The van der Waals surface area contributed by atoms with Crippen LogP contribution in [0.4, 0.5) is 4.39 Å². The lowest BCUT2D eigenvalue weighted by Gasteiger charge is -2.22. The van der Waals surface area contributed by atoms with Crippen molar-refractivity contribution in [3.05, 3.63) is 85.8 Å². The summed E-state index contributed by atoms with van der Waals surface area (Å²) in [5.41, 5.74) is 4.27. The van der Waals surface area contributed by atoms with E-state index in [-0.39, 0.29) is 17.0 Å². The number of pyridine rings is 1. The average molecular weight is 650 g/mol. The molecule has 1 atom stereocenters. The Bertz CT molecular complexity index is 2380. The van der Waals surface area contributed by atoms with E-state index in [1.807, 2.05) is 16.8 Å². The van der Waals surface area contributed by atoms with E-state index >= 15 is 0 Å². The van der Waals surface area contributed by atoms with Crippen LogP contribution in [0.1, 0.15) is 61.4 Å². The minimum atomic E-state index is -0.658. The largest absolute Gasteiger partial charge is 0.421 e. The third-order valence-electron chi connectivity index (χ3n) is 9.73. The van der Waals surface area contributed by atoms with Gasteiger partial charge in [-0.25, -0.2) is 18.9 Å². The van der Waals surface area contributed by atoms with Crippen LogP contribution in [-0.2, 0) is 24.2 Å². The lowest BCUT2D eigenvalue weighted by Crippen LogP contribution is -2.19. The van der Waals surface area contributed by atoms with Gasteiger partial charge in [-0.15, -0.1) is 10.2 Å². The second-order valence-electron chi connectivity index (χ2n) is 12.6. The number of hydrogen-bond acceptors (Lipinski definition) is 9. The Morgan fingerprint density at radius 3 is 2.60 bits per heavy atom. The molecule has 244 valence electrons. The summed E-state index contributed by atoms with van der Waals surface area (Å²) in [6, 6.07) is 10.9. The van der Waals surface area contributed by atoms with Crippen LogP contribution in [0.3, 0.4) is 0 Å². The standard InChI is InChI=1S/C35H32FN7O5/c1-19(22-5-6-24(18-37)25(36)16-22)43-27-9-7-23(17-28(27)48-35(43)45)29-30(33-40-39-20(2)47-33)26(8-4-21-10-14-46-15-11-21)38-32-31(29)34(44)42-13-3-12-41(32)42/h5-7,9,16-17,19,21H,3-4,8,10-15H2,1-2H3/t19-/m0/s1. The monoisotopic (exact) mass is 649 g/mol. The van der Waals surface area contributed by atoms with Gasteiger partial charge in [0.1, 0.15) is 11.9 Å². The van der Waals surface area contributed by atoms with E-state index in [9.17, 15) is 14.0 Å². The first-order valence-corrected chi connectivity index (χ1v) is 16.2. The van der Waals surface area contributed by atoms with E-state index in [0.29, 0.717) is 75.7 Å². The normalized spacial score (nSPS) is 15.7. The summed E-state index contributed by atoms with van der Waals surface area (Å²) >= 11 is 0. The highest BCUT2D eigenvalue weighted by molar-refractivity contribution is 6.02. The zero-order valence-electron chi connectivity index (χ0n) is 26.5. The first-order chi connectivity index (χ1) is 23.3. The van der Waals surface area contributed by atoms with E-state index < -0.39 is 17.6 Å². The van der Waals surface area contributed by atoms with Gasteiger partial charge in [0.2, 0.25) is 11.8 Å². The van der Waals surface area contributed by atoms with Gasteiger partial charge in [0, 0.05) is 38.8 Å². The maximum atomic E-state index is 14.5. The SMILES string of the molecule is Cc1nnc(-c2c(CCC3CCOCC3)nc3c(c2-c2ccc4c(c2)oc(=O)n4[C@@H](C)c2ccc(C#N)c(F)c2)c(=O)n2n3CCC2)o1. The van der Waals surface area contributed by atoms with Crippen molar-refractivity contribution in [2.75, 3.05) is 13.2 Å². The lowest BCUT2D eigenvalue weighted by molar-refractivity contribution is 0.0639. The molecular formula is C35H32FN7O5. The molecule has 12 nitrogen and oxygen atoms in total. The van der Waals surface area contributed by atoms with Crippen molar-refractivity contribution in [3.63, 3.8) is 0 Å². The molecule has 0 spiro atoms. The van der Waals surface area contributed by atoms with Crippen molar-refractivity contribution in [1.82, 2.24) is 29.1 Å². The molecule has 8 rings (SSSR count). The Hall–Kier alpha value is -5.35. The fourth-order valence-electron chi connectivity index (χ4n) is 7.25. The van der Waals surface area contributed by atoms with Crippen LogP contribution >= 0.6 is 0 Å². The Labute approximate surface area is 273 Å². The molecule has 1 fully saturated rings. The smallest absolute Gasteiger partial charge is 0.420 e. The molecule has 2 aliphatic heterocycles. The Morgan fingerprint density at radius 1 is 1.04 bits per heavy atom. The van der Waals surface area contributed by atoms with E-state index in [0.717, 1.165) is 44.6 Å². The second kappa shape index (κ2) is 11.7. The minimum absolute atomic E-state index is 0.0735. The average Bonchev–Trinajstić information content (AvgIpc) is 3.88. The first-order valence-electron chi connectivity index (χ1n) is 16.2. The van der Waals surface area contributed by atoms with Gasteiger partial charge in [0.15, 0.2) is 11.2 Å². The highest BCUT2D eigenvalue weighted by Crippen LogP contribution is 2.41. The predicted molar refractivity (Wildman–Crippen MR) is 173 cm³/mol. The van der Waals surface area contributed by atoms with Crippen molar-refractivity contribution in [3.8, 4) is 28.7 Å². The molecule has 6 heterocycles. The molecule has 0 unspecified atom stereocenters. The Kier molecular flexibility index (Phi) is 7.32. The van der Waals surface area contributed by atoms with Crippen LogP contribution in [0.5, 0.6) is 0 Å². The molecule has 0 amide bonds. The van der Waals surface area contributed by atoms with Gasteiger partial charge in [0.25, 0.3) is 5.56 Å². The summed E-state index contributed by atoms with van der Waals surface area (Å²) in [4.78, 5) is 32.5. The zero-order valence-corrected chi connectivity index (χ0v) is 26.5. The number of ether oxygens (including phenoxy) is 1. The number of benzene rings is 2. The van der Waals surface area contributed by atoms with Gasteiger partial charge in [-0.3, -0.25) is 14.0 Å². The minimum Gasteiger partial charge on any atom is -0.421 e. The number of nitriles is 1. The summed E-state index contributed by atoms with van der Waals surface area (Å²) in [6.07, 6.45) is 4.32. The van der Waals surface area contributed by atoms with Crippen LogP contribution in [-0.4, -0.2) is 42.3 Å². The number of rotatable bonds is 7. The molecule has 2 aromatic carbocycles. The molecule has 48 heavy (non-hydrogen) atoms. The van der Waals surface area contributed by atoms with Crippen molar-refractivity contribution < 1.29 is 18.0 Å². The number of nitrogens with zero attached hydrogens (tertiary/aromatic N) is 7. The number of oxazole rings is 1. The molecule has 0 radical (unpaired) electrons. The Balaban J connectivity index is 1.32. The van der Waals surface area contributed by atoms with Crippen LogP contribution < -0.4 is 11.3 Å². The van der Waals surface area contributed by atoms with Gasteiger partial charge in [-0.05, 0) is 80.3 Å². The van der Waals surface area contributed by atoms with Gasteiger partial charge < -0.3 is 13.6 Å². The highest BCUT2D eigenvalue weighted by Gasteiger charge is 2.30. The van der Waals surface area contributed by atoms with Crippen LogP contribution in [0, 0.1) is 30.0 Å². The molecule has 1 saturated heterocycles. The molecule has 4 aromatic heterocycles. The summed E-state index contributed by atoms with van der Waals surface area (Å²) in [5.74, 6) is -0.142. The topological polar surface area (TPSA) is 147 Å². The van der Waals surface area contributed by atoms with Crippen molar-refractivity contribution >= 4 is 22.1 Å². The van der Waals surface area contributed by atoms with E-state index in [1.165, 1.54) is 16.7 Å². The van der Waals surface area contributed by atoms with Gasteiger partial charge in [0.05, 0.1) is 33.8 Å². The van der Waals surface area contributed by atoms with E-state index in [1.54, 1.807) is 36.7 Å². The maximum Gasteiger partial charge on any atom is 0.420 e. The zero-order chi connectivity index (χ0) is 33.1. The van der Waals surface area contributed by atoms with Crippen LogP contribution in [0.25, 0.3) is 44.7 Å². The van der Waals surface area contributed by atoms with E-state index in [4.69, 9.17) is 23.8 Å². The maximum absolute atomic E-state index is 14.5. The second-order valence-corrected chi connectivity index (χ2v) is 12.6. The third-order valence-corrected chi connectivity index (χ3v) is 9.73. The van der Waals surface area contributed by atoms with Crippen LogP contribution in [0.15, 0.2) is 54.8 Å². The van der Waals surface area contributed by atoms with Gasteiger partial charge in [-0.1, -0.05) is 12.1 Å². The summed E-state index contributed by atoms with van der Waals surface area (Å²) < 4.78 is 37.0. The third kappa shape index (κ3) is 4.86. The Morgan fingerprint density at radius 2 is 1.85 bits per heavy atom. The van der Waals surface area contributed by atoms with Crippen molar-refractivity contribution in [1.29, 1.82) is 5.26 Å². The quantitative estimate of drug-likeness (QED) is 0.218. The molecule has 6 aromatic rings. The molecule has 0 bridgehead atoms. The number of aryl methyl sites for hydroxylation is 3. The summed E-state index contributed by atoms with van der Waals surface area (Å²) in [7, 11) is 0. The van der Waals surface area contributed by atoms with Gasteiger partial charge >= 0.3 is 5.76 Å². The molecule has 0 N–H and O–H groups in total. The number of fused-ring (bicyclic) bond motifs is 4. The van der Waals surface area contributed by atoms with Crippen molar-refractivity contribution in [2.45, 2.75) is 65.1 Å². The van der Waals surface area contributed by atoms with E-state index in [2.05, 4.69) is 10.2 Å². The molecule has 0 saturated carbocycles. The first kappa shape index (κ1) is 30.0. The predicted octanol–water partition coefficient (Wildman–Crippen LogP) is 5.51. The fraction of sp³-hybridized carbons (Fsp3) is 0.371. The number of aromatic nitrogens is 6. The molecule has 2 aliphatic rings.